The summed E-state index contributed by atoms with van der Waals surface area (Å²) in [5, 5.41) is 3.68. The van der Waals surface area contributed by atoms with Crippen LogP contribution < -0.4 is 5.32 Å². The molecule has 0 heterocycles. The summed E-state index contributed by atoms with van der Waals surface area (Å²) in [6.07, 6.45) is 4.76. The third-order valence-corrected chi connectivity index (χ3v) is 3.40. The number of nitrogens with one attached hydrogen (secondary N) is 1. The highest BCUT2D eigenvalue weighted by Gasteiger charge is 2.11. The second kappa shape index (κ2) is 9.11. The molecule has 0 bridgehead atoms. The molecule has 1 aromatic rings. The maximum Gasteiger partial charge on any atom is 0.0332 e. The number of nitrogens with zero attached hydrogens (tertiary/aromatic N) is 1. The van der Waals surface area contributed by atoms with Gasteiger partial charge in [-0.3, -0.25) is 0 Å². The van der Waals surface area contributed by atoms with Crippen molar-refractivity contribution >= 4 is 0 Å². The van der Waals surface area contributed by atoms with Crippen LogP contribution in [0.4, 0.5) is 0 Å². The zero-order chi connectivity index (χ0) is 14.1. The molecule has 2 heteroatoms. The van der Waals surface area contributed by atoms with Gasteiger partial charge in [-0.15, -0.1) is 0 Å². The van der Waals surface area contributed by atoms with Crippen LogP contribution in [0.5, 0.6) is 0 Å². The lowest BCUT2D eigenvalue weighted by atomic mass is 9.99. The van der Waals surface area contributed by atoms with Gasteiger partial charge < -0.3 is 10.2 Å². The summed E-state index contributed by atoms with van der Waals surface area (Å²) in [6, 6.07) is 9.58. The van der Waals surface area contributed by atoms with Gasteiger partial charge >= 0.3 is 0 Å². The summed E-state index contributed by atoms with van der Waals surface area (Å²) >= 11 is 0. The van der Waals surface area contributed by atoms with Crippen LogP contribution in [-0.4, -0.2) is 32.1 Å². The van der Waals surface area contributed by atoms with Crippen molar-refractivity contribution in [2.24, 2.45) is 0 Å². The smallest absolute Gasteiger partial charge is 0.0332 e. The molecule has 0 amide bonds. The van der Waals surface area contributed by atoms with Gasteiger partial charge in [-0.1, -0.05) is 44.5 Å². The Kier molecular flexibility index (Phi) is 7.76. The third kappa shape index (κ3) is 6.22. The van der Waals surface area contributed by atoms with E-state index < -0.39 is 0 Å². The van der Waals surface area contributed by atoms with E-state index in [0.29, 0.717) is 6.04 Å². The number of benzene rings is 1. The molecule has 19 heavy (non-hydrogen) atoms. The molecule has 0 saturated carbocycles. The van der Waals surface area contributed by atoms with Crippen molar-refractivity contribution in [2.75, 3.05) is 27.2 Å². The number of aryl methyl sites for hydroxylation is 1. The van der Waals surface area contributed by atoms with Gasteiger partial charge in [0.15, 0.2) is 0 Å². The Morgan fingerprint density at radius 1 is 1.16 bits per heavy atom. The first-order valence-electron chi connectivity index (χ1n) is 7.64. The van der Waals surface area contributed by atoms with Crippen molar-refractivity contribution in [3.63, 3.8) is 0 Å². The van der Waals surface area contributed by atoms with Gasteiger partial charge in [0.2, 0.25) is 0 Å². The van der Waals surface area contributed by atoms with Crippen molar-refractivity contribution < 1.29 is 0 Å². The summed E-state index contributed by atoms with van der Waals surface area (Å²) in [5.41, 5.74) is 2.91. The zero-order valence-corrected chi connectivity index (χ0v) is 13.1. The van der Waals surface area contributed by atoms with Crippen molar-refractivity contribution in [3.05, 3.63) is 35.4 Å². The average Bonchev–Trinajstić information content (AvgIpc) is 2.39. The Morgan fingerprint density at radius 3 is 2.58 bits per heavy atom. The Balaban J connectivity index is 2.73. The number of hydrogen-bond donors (Lipinski definition) is 1. The van der Waals surface area contributed by atoms with Crippen molar-refractivity contribution in [2.45, 2.75) is 45.6 Å². The lowest BCUT2D eigenvalue weighted by Gasteiger charge is -2.21. The van der Waals surface area contributed by atoms with Crippen LogP contribution in [0, 0.1) is 0 Å². The molecule has 0 saturated heterocycles. The van der Waals surface area contributed by atoms with E-state index in [2.05, 4.69) is 62.4 Å². The summed E-state index contributed by atoms with van der Waals surface area (Å²) < 4.78 is 0. The molecule has 0 spiro atoms. The quantitative estimate of drug-likeness (QED) is 0.731. The molecule has 0 aromatic heterocycles. The van der Waals surface area contributed by atoms with E-state index >= 15 is 0 Å². The van der Waals surface area contributed by atoms with Crippen molar-refractivity contribution in [1.82, 2.24) is 10.2 Å². The van der Waals surface area contributed by atoms with Crippen LogP contribution in [0.15, 0.2) is 24.3 Å². The van der Waals surface area contributed by atoms with Crippen LogP contribution in [0.1, 0.15) is 50.3 Å². The lowest BCUT2D eigenvalue weighted by molar-refractivity contribution is 0.361. The topological polar surface area (TPSA) is 15.3 Å². The minimum Gasteiger partial charge on any atom is -0.310 e. The van der Waals surface area contributed by atoms with E-state index in [0.717, 1.165) is 13.1 Å². The minimum absolute atomic E-state index is 0.485. The van der Waals surface area contributed by atoms with Crippen LogP contribution in [0.2, 0.25) is 0 Å². The van der Waals surface area contributed by atoms with Crippen molar-refractivity contribution in [3.8, 4) is 0 Å². The summed E-state index contributed by atoms with van der Waals surface area (Å²) in [5.74, 6) is 0. The van der Waals surface area contributed by atoms with Crippen LogP contribution in [0.25, 0.3) is 0 Å². The SMILES string of the molecule is CCCNC(CCN(C)C)c1cccc(CCC)c1. The van der Waals surface area contributed by atoms with Crippen LogP contribution in [0.3, 0.4) is 0 Å². The van der Waals surface area contributed by atoms with Crippen molar-refractivity contribution in [1.29, 1.82) is 0 Å². The second-order valence-electron chi connectivity index (χ2n) is 5.59. The molecule has 108 valence electrons. The van der Waals surface area contributed by atoms with E-state index in [4.69, 9.17) is 0 Å². The maximum atomic E-state index is 3.68. The molecular formula is C17H30N2. The third-order valence-electron chi connectivity index (χ3n) is 3.40. The largest absolute Gasteiger partial charge is 0.310 e. The second-order valence-corrected chi connectivity index (χ2v) is 5.59. The number of hydrogen-bond acceptors (Lipinski definition) is 2. The van der Waals surface area contributed by atoms with Gasteiger partial charge in [0.05, 0.1) is 0 Å². The molecule has 1 rings (SSSR count). The van der Waals surface area contributed by atoms with Gasteiger partial charge in [0.25, 0.3) is 0 Å². The first-order valence-corrected chi connectivity index (χ1v) is 7.64. The average molecular weight is 262 g/mol. The van der Waals surface area contributed by atoms with E-state index in [1.54, 1.807) is 0 Å². The van der Waals surface area contributed by atoms with Crippen LogP contribution in [-0.2, 0) is 6.42 Å². The fourth-order valence-corrected chi connectivity index (χ4v) is 2.35. The first kappa shape index (κ1) is 16.2. The Morgan fingerprint density at radius 2 is 1.95 bits per heavy atom. The first-order chi connectivity index (χ1) is 9.17. The molecule has 0 aliphatic rings. The predicted octanol–water partition coefficient (Wildman–Crippen LogP) is 3.63. The molecular weight excluding hydrogens is 232 g/mol. The number of rotatable bonds is 9. The highest BCUT2D eigenvalue weighted by Crippen LogP contribution is 2.19. The molecule has 1 atom stereocenters. The molecule has 1 N–H and O–H groups in total. The normalized spacial score (nSPS) is 12.9. The molecule has 0 aliphatic heterocycles. The fraction of sp³-hybridized carbons (Fsp3) is 0.647. The summed E-state index contributed by atoms with van der Waals surface area (Å²) in [7, 11) is 4.29. The highest BCUT2D eigenvalue weighted by molar-refractivity contribution is 5.26. The van der Waals surface area contributed by atoms with Crippen LogP contribution >= 0.6 is 0 Å². The van der Waals surface area contributed by atoms with Gasteiger partial charge in [0.1, 0.15) is 0 Å². The molecule has 2 nitrogen and oxygen atoms in total. The minimum atomic E-state index is 0.485. The zero-order valence-electron chi connectivity index (χ0n) is 13.1. The summed E-state index contributed by atoms with van der Waals surface area (Å²) in [6.45, 7) is 6.69. The standard InChI is InChI=1S/C17H30N2/c1-5-8-15-9-7-10-16(14-15)17(18-12-6-2)11-13-19(3)4/h7,9-10,14,17-18H,5-6,8,11-13H2,1-4H3. The maximum absolute atomic E-state index is 3.68. The molecule has 0 fully saturated rings. The Bertz CT molecular complexity index is 347. The van der Waals surface area contributed by atoms with E-state index in [-0.39, 0.29) is 0 Å². The van der Waals surface area contributed by atoms with E-state index in [9.17, 15) is 0 Å². The molecule has 1 unspecified atom stereocenters. The monoisotopic (exact) mass is 262 g/mol. The van der Waals surface area contributed by atoms with Gasteiger partial charge in [0, 0.05) is 6.04 Å². The van der Waals surface area contributed by atoms with E-state index in [1.165, 1.54) is 36.8 Å². The van der Waals surface area contributed by atoms with Gasteiger partial charge in [-0.2, -0.15) is 0 Å². The lowest BCUT2D eigenvalue weighted by Crippen LogP contribution is -2.26. The van der Waals surface area contributed by atoms with Gasteiger partial charge in [-0.05, 0) is 57.6 Å². The molecule has 0 radical (unpaired) electrons. The van der Waals surface area contributed by atoms with E-state index in [1.807, 2.05) is 0 Å². The fourth-order valence-electron chi connectivity index (χ4n) is 2.35. The molecule has 0 aliphatic carbocycles. The molecule has 1 aromatic carbocycles. The Hall–Kier alpha value is -0.860. The van der Waals surface area contributed by atoms with Gasteiger partial charge in [-0.25, -0.2) is 0 Å². The summed E-state index contributed by atoms with van der Waals surface area (Å²) in [4.78, 5) is 2.26. The predicted molar refractivity (Wildman–Crippen MR) is 84.6 cm³/mol. The Labute approximate surface area is 119 Å². The highest BCUT2D eigenvalue weighted by atomic mass is 15.1.